The number of nitrogens with zero attached hydrogens (tertiary/aromatic N) is 1. The number of rotatable bonds is 8. The highest BCUT2D eigenvalue weighted by molar-refractivity contribution is 7.90. The van der Waals surface area contributed by atoms with E-state index in [9.17, 15) is 18.0 Å². The van der Waals surface area contributed by atoms with Crippen molar-refractivity contribution in [2.24, 2.45) is 0 Å². The van der Waals surface area contributed by atoms with Crippen LogP contribution in [0.2, 0.25) is 0 Å². The number of hydrogen-bond acceptors (Lipinski definition) is 5. The molecule has 0 bridgehead atoms. The lowest BCUT2D eigenvalue weighted by atomic mass is 10.1. The van der Waals surface area contributed by atoms with Crippen molar-refractivity contribution in [1.82, 2.24) is 4.90 Å². The van der Waals surface area contributed by atoms with Crippen molar-refractivity contribution in [3.8, 4) is 0 Å². The molecule has 0 aliphatic rings. The summed E-state index contributed by atoms with van der Waals surface area (Å²) >= 11 is 0. The third kappa shape index (κ3) is 5.33. The number of ether oxygens (including phenoxy) is 1. The standard InChI is InChI=1S/C15H21NO6S/c1-4-11-5-6-12(9-13(11)23(3,20)21)15(19)16(7-8-22-2)10-14(17)18/h5-6,9H,4,7-8,10H2,1-3H3,(H,17,18). The van der Waals surface area contributed by atoms with Gasteiger partial charge in [-0.15, -0.1) is 0 Å². The molecule has 1 N–H and O–H groups in total. The van der Waals surface area contributed by atoms with Crippen LogP contribution in [0.3, 0.4) is 0 Å². The predicted molar refractivity (Wildman–Crippen MR) is 84.3 cm³/mol. The quantitative estimate of drug-likeness (QED) is 0.750. The monoisotopic (exact) mass is 343 g/mol. The van der Waals surface area contributed by atoms with Gasteiger partial charge in [-0.25, -0.2) is 8.42 Å². The molecule has 0 aliphatic carbocycles. The van der Waals surface area contributed by atoms with Gasteiger partial charge in [0.25, 0.3) is 5.91 Å². The molecule has 0 aromatic heterocycles. The Balaban J connectivity index is 3.21. The Morgan fingerprint density at radius 2 is 1.96 bits per heavy atom. The van der Waals surface area contributed by atoms with E-state index in [-0.39, 0.29) is 23.6 Å². The average Bonchev–Trinajstić information content (AvgIpc) is 2.48. The zero-order valence-corrected chi connectivity index (χ0v) is 14.2. The molecule has 7 nitrogen and oxygen atoms in total. The third-order valence-corrected chi connectivity index (χ3v) is 4.45. The number of carboxylic acids is 1. The molecule has 23 heavy (non-hydrogen) atoms. The predicted octanol–water partition coefficient (Wildman–Crippen LogP) is 0.826. The van der Waals surface area contributed by atoms with Crippen LogP contribution in [0.1, 0.15) is 22.8 Å². The Labute approximate surface area is 135 Å². The zero-order valence-electron chi connectivity index (χ0n) is 13.4. The molecule has 0 unspecified atom stereocenters. The number of benzene rings is 1. The third-order valence-electron chi connectivity index (χ3n) is 3.27. The first-order chi connectivity index (χ1) is 10.7. The number of aryl methyl sites for hydroxylation is 1. The van der Waals surface area contributed by atoms with Crippen LogP contribution in [-0.4, -0.2) is 63.4 Å². The zero-order chi connectivity index (χ0) is 17.6. The second kappa shape index (κ2) is 8.07. The van der Waals surface area contributed by atoms with Gasteiger partial charge in [-0.05, 0) is 24.1 Å². The maximum absolute atomic E-state index is 12.5. The van der Waals surface area contributed by atoms with Crippen LogP contribution < -0.4 is 0 Å². The fourth-order valence-electron chi connectivity index (χ4n) is 2.12. The largest absolute Gasteiger partial charge is 0.480 e. The summed E-state index contributed by atoms with van der Waals surface area (Å²) in [6.07, 6.45) is 1.59. The van der Waals surface area contributed by atoms with Gasteiger partial charge in [0, 0.05) is 25.5 Å². The summed E-state index contributed by atoms with van der Waals surface area (Å²) in [5, 5.41) is 8.91. The lowest BCUT2D eigenvalue weighted by Crippen LogP contribution is -2.38. The first-order valence-electron chi connectivity index (χ1n) is 7.03. The van der Waals surface area contributed by atoms with Crippen molar-refractivity contribution in [3.05, 3.63) is 29.3 Å². The van der Waals surface area contributed by atoms with Crippen molar-refractivity contribution in [3.63, 3.8) is 0 Å². The summed E-state index contributed by atoms with van der Waals surface area (Å²) in [6, 6.07) is 4.40. The number of hydrogen-bond donors (Lipinski definition) is 1. The molecular weight excluding hydrogens is 322 g/mol. The van der Waals surface area contributed by atoms with E-state index in [4.69, 9.17) is 9.84 Å². The Bertz CT molecular complexity index is 683. The van der Waals surface area contributed by atoms with Gasteiger partial charge in [0.05, 0.1) is 11.5 Å². The number of sulfone groups is 1. The van der Waals surface area contributed by atoms with E-state index >= 15 is 0 Å². The maximum Gasteiger partial charge on any atom is 0.323 e. The minimum Gasteiger partial charge on any atom is -0.480 e. The summed E-state index contributed by atoms with van der Waals surface area (Å²) in [5.41, 5.74) is 0.755. The van der Waals surface area contributed by atoms with Gasteiger partial charge in [0.2, 0.25) is 0 Å². The summed E-state index contributed by atoms with van der Waals surface area (Å²) < 4.78 is 28.6. The number of carbonyl (C=O) groups excluding carboxylic acids is 1. The van der Waals surface area contributed by atoms with Crippen LogP contribution in [0.4, 0.5) is 0 Å². The van der Waals surface area contributed by atoms with Crippen molar-refractivity contribution >= 4 is 21.7 Å². The summed E-state index contributed by atoms with van der Waals surface area (Å²) in [6.45, 7) is 1.63. The minimum absolute atomic E-state index is 0.0906. The van der Waals surface area contributed by atoms with E-state index < -0.39 is 28.3 Å². The average molecular weight is 343 g/mol. The topological polar surface area (TPSA) is 101 Å². The van der Waals surface area contributed by atoms with Gasteiger partial charge in [0.1, 0.15) is 6.54 Å². The molecule has 0 aliphatic heterocycles. The normalized spacial score (nSPS) is 11.3. The number of amides is 1. The Kier molecular flexibility index (Phi) is 6.71. The highest BCUT2D eigenvalue weighted by Crippen LogP contribution is 2.19. The maximum atomic E-state index is 12.5. The fraction of sp³-hybridized carbons (Fsp3) is 0.467. The van der Waals surface area contributed by atoms with Crippen molar-refractivity contribution < 1.29 is 27.9 Å². The van der Waals surface area contributed by atoms with E-state index in [0.29, 0.717) is 12.0 Å². The smallest absolute Gasteiger partial charge is 0.323 e. The van der Waals surface area contributed by atoms with E-state index in [2.05, 4.69) is 0 Å². The van der Waals surface area contributed by atoms with Gasteiger partial charge in [-0.2, -0.15) is 0 Å². The molecule has 0 atom stereocenters. The van der Waals surface area contributed by atoms with Crippen LogP contribution in [0.5, 0.6) is 0 Å². The Hall–Kier alpha value is -1.93. The number of carboxylic acid groups (broad SMARTS) is 1. The summed E-state index contributed by atoms with van der Waals surface area (Å²) in [7, 11) is -2.03. The molecule has 1 aromatic rings. The van der Waals surface area contributed by atoms with Gasteiger partial charge in [-0.1, -0.05) is 13.0 Å². The second-order valence-corrected chi connectivity index (χ2v) is 7.05. The van der Waals surface area contributed by atoms with Gasteiger partial charge < -0.3 is 14.7 Å². The minimum atomic E-state index is -3.48. The molecule has 0 spiro atoms. The van der Waals surface area contributed by atoms with Gasteiger partial charge >= 0.3 is 5.97 Å². The Morgan fingerprint density at radius 3 is 2.43 bits per heavy atom. The molecule has 8 heteroatoms. The van der Waals surface area contributed by atoms with E-state index in [0.717, 1.165) is 11.2 Å². The number of carbonyl (C=O) groups is 2. The molecule has 0 radical (unpaired) electrons. The number of aliphatic carboxylic acids is 1. The molecule has 0 heterocycles. The lowest BCUT2D eigenvalue weighted by Gasteiger charge is -2.21. The first-order valence-corrected chi connectivity index (χ1v) is 8.92. The molecule has 1 aromatic carbocycles. The van der Waals surface area contributed by atoms with Crippen molar-refractivity contribution in [1.29, 1.82) is 0 Å². The van der Waals surface area contributed by atoms with E-state index in [1.54, 1.807) is 6.07 Å². The molecule has 0 fully saturated rings. The fourth-order valence-corrected chi connectivity index (χ4v) is 3.15. The van der Waals surface area contributed by atoms with Crippen LogP contribution in [0.25, 0.3) is 0 Å². The van der Waals surface area contributed by atoms with Crippen molar-refractivity contribution in [2.45, 2.75) is 18.2 Å². The number of methoxy groups -OCH3 is 1. The molecule has 0 saturated heterocycles. The summed E-state index contributed by atoms with van der Waals surface area (Å²) in [5.74, 6) is -1.69. The highest BCUT2D eigenvalue weighted by Gasteiger charge is 2.21. The SMILES string of the molecule is CCc1ccc(C(=O)N(CCOC)CC(=O)O)cc1S(C)(=O)=O. The van der Waals surface area contributed by atoms with E-state index in [1.807, 2.05) is 6.92 Å². The highest BCUT2D eigenvalue weighted by atomic mass is 32.2. The van der Waals surface area contributed by atoms with Gasteiger partial charge in [-0.3, -0.25) is 9.59 Å². The molecule has 1 amide bonds. The molecule has 128 valence electrons. The molecule has 1 rings (SSSR count). The van der Waals surface area contributed by atoms with Crippen LogP contribution in [-0.2, 0) is 25.8 Å². The van der Waals surface area contributed by atoms with Gasteiger partial charge in [0.15, 0.2) is 9.84 Å². The summed E-state index contributed by atoms with van der Waals surface area (Å²) in [4.78, 5) is 24.6. The second-order valence-electron chi connectivity index (χ2n) is 5.06. The van der Waals surface area contributed by atoms with Crippen LogP contribution in [0.15, 0.2) is 23.1 Å². The molecule has 0 saturated carbocycles. The van der Waals surface area contributed by atoms with Crippen LogP contribution >= 0.6 is 0 Å². The van der Waals surface area contributed by atoms with Crippen molar-refractivity contribution in [2.75, 3.05) is 33.1 Å². The Morgan fingerprint density at radius 1 is 1.30 bits per heavy atom. The lowest BCUT2D eigenvalue weighted by molar-refractivity contribution is -0.137. The molecular formula is C15H21NO6S. The van der Waals surface area contributed by atoms with Crippen LogP contribution in [0, 0.1) is 0 Å². The van der Waals surface area contributed by atoms with E-state index in [1.165, 1.54) is 19.2 Å². The first kappa shape index (κ1) is 19.1.